The number of rotatable bonds is 3. The number of hydrogen-bond acceptors (Lipinski definition) is 4. The van der Waals surface area contributed by atoms with E-state index in [1.54, 1.807) is 6.20 Å². The van der Waals surface area contributed by atoms with Gasteiger partial charge in [-0.2, -0.15) is 0 Å². The van der Waals surface area contributed by atoms with E-state index in [2.05, 4.69) is 15.3 Å². The zero-order chi connectivity index (χ0) is 11.4. The molecule has 0 aromatic carbocycles. The van der Waals surface area contributed by atoms with Crippen LogP contribution in [0.2, 0.25) is 0 Å². The highest BCUT2D eigenvalue weighted by molar-refractivity contribution is 5.01. The molecule has 1 aliphatic rings. The van der Waals surface area contributed by atoms with Gasteiger partial charge in [0.05, 0.1) is 11.8 Å². The molecule has 0 unspecified atom stereocenters. The van der Waals surface area contributed by atoms with Gasteiger partial charge in [0.1, 0.15) is 5.82 Å². The fourth-order valence-electron chi connectivity index (χ4n) is 2.13. The van der Waals surface area contributed by atoms with Gasteiger partial charge in [-0.05, 0) is 38.7 Å². The Labute approximate surface area is 96.1 Å². The molecule has 0 saturated heterocycles. The molecule has 0 bridgehead atoms. The Bertz CT molecular complexity index is 335. The monoisotopic (exact) mass is 221 g/mol. The number of aliphatic hydroxyl groups excluding tert-OH is 1. The van der Waals surface area contributed by atoms with Gasteiger partial charge in [0.2, 0.25) is 0 Å². The number of aromatic nitrogens is 2. The lowest BCUT2D eigenvalue weighted by Gasteiger charge is -2.26. The van der Waals surface area contributed by atoms with E-state index in [1.807, 2.05) is 13.0 Å². The zero-order valence-corrected chi connectivity index (χ0v) is 9.69. The van der Waals surface area contributed by atoms with Gasteiger partial charge >= 0.3 is 0 Å². The minimum absolute atomic E-state index is 0.0839. The second-order valence-corrected chi connectivity index (χ2v) is 4.48. The van der Waals surface area contributed by atoms with Crippen molar-refractivity contribution < 1.29 is 5.11 Å². The Hall–Kier alpha value is -1.00. The van der Waals surface area contributed by atoms with Crippen molar-refractivity contribution >= 4 is 0 Å². The standard InChI is InChI=1S/C12H19N3O/c1-9-13-7-6-11(15-9)8-14-10-2-4-12(16)5-3-10/h6-7,10,12,14,16H,2-5,8H2,1H3. The fourth-order valence-corrected chi connectivity index (χ4v) is 2.13. The fraction of sp³-hybridized carbons (Fsp3) is 0.667. The first-order valence-corrected chi connectivity index (χ1v) is 5.94. The molecule has 0 amide bonds. The number of aliphatic hydroxyl groups is 1. The van der Waals surface area contributed by atoms with E-state index in [9.17, 15) is 5.11 Å². The molecule has 0 atom stereocenters. The highest BCUT2D eigenvalue weighted by Gasteiger charge is 2.18. The number of nitrogens with zero attached hydrogens (tertiary/aromatic N) is 2. The van der Waals surface area contributed by atoms with E-state index in [4.69, 9.17) is 0 Å². The van der Waals surface area contributed by atoms with E-state index in [0.29, 0.717) is 6.04 Å². The topological polar surface area (TPSA) is 58.0 Å². The molecule has 1 aromatic rings. The molecule has 0 aliphatic heterocycles. The van der Waals surface area contributed by atoms with Crippen molar-refractivity contribution in [3.05, 3.63) is 23.8 Å². The summed E-state index contributed by atoms with van der Waals surface area (Å²) in [5, 5.41) is 12.9. The maximum atomic E-state index is 9.40. The Morgan fingerprint density at radius 3 is 2.81 bits per heavy atom. The normalized spacial score (nSPS) is 25.6. The van der Waals surface area contributed by atoms with E-state index in [-0.39, 0.29) is 6.10 Å². The summed E-state index contributed by atoms with van der Waals surface area (Å²) < 4.78 is 0. The predicted octanol–water partition coefficient (Wildman–Crippen LogP) is 1.18. The van der Waals surface area contributed by atoms with Gasteiger partial charge < -0.3 is 10.4 Å². The maximum absolute atomic E-state index is 9.40. The summed E-state index contributed by atoms with van der Waals surface area (Å²) in [6, 6.07) is 2.47. The molecule has 0 spiro atoms. The molecular weight excluding hydrogens is 202 g/mol. The minimum atomic E-state index is -0.0839. The molecule has 4 heteroatoms. The van der Waals surface area contributed by atoms with Crippen LogP contribution in [0, 0.1) is 6.92 Å². The molecule has 88 valence electrons. The summed E-state index contributed by atoms with van der Waals surface area (Å²) in [5.74, 6) is 0.818. The van der Waals surface area contributed by atoms with Crippen LogP contribution in [0.1, 0.15) is 37.2 Å². The van der Waals surface area contributed by atoms with Crippen LogP contribution in [0.15, 0.2) is 12.3 Å². The lowest BCUT2D eigenvalue weighted by Crippen LogP contribution is -2.34. The van der Waals surface area contributed by atoms with Crippen LogP contribution in [0.5, 0.6) is 0 Å². The van der Waals surface area contributed by atoms with Crippen molar-refractivity contribution in [2.24, 2.45) is 0 Å². The van der Waals surface area contributed by atoms with Gasteiger partial charge in [-0.3, -0.25) is 0 Å². The van der Waals surface area contributed by atoms with Crippen molar-refractivity contribution in [1.82, 2.24) is 15.3 Å². The molecule has 16 heavy (non-hydrogen) atoms. The minimum Gasteiger partial charge on any atom is -0.393 e. The first-order chi connectivity index (χ1) is 7.74. The molecular formula is C12H19N3O. The third-order valence-electron chi connectivity index (χ3n) is 3.10. The van der Waals surface area contributed by atoms with E-state index in [1.165, 1.54) is 0 Å². The molecule has 1 fully saturated rings. The van der Waals surface area contributed by atoms with E-state index in [0.717, 1.165) is 43.7 Å². The first-order valence-electron chi connectivity index (χ1n) is 5.94. The third-order valence-corrected chi connectivity index (χ3v) is 3.10. The summed E-state index contributed by atoms with van der Waals surface area (Å²) in [4.78, 5) is 8.42. The second kappa shape index (κ2) is 5.37. The Kier molecular flexibility index (Phi) is 3.85. The molecule has 1 aliphatic carbocycles. The average Bonchev–Trinajstić information content (AvgIpc) is 2.28. The summed E-state index contributed by atoms with van der Waals surface area (Å²) >= 11 is 0. The second-order valence-electron chi connectivity index (χ2n) is 4.48. The zero-order valence-electron chi connectivity index (χ0n) is 9.69. The lowest BCUT2D eigenvalue weighted by atomic mass is 9.93. The molecule has 1 saturated carbocycles. The van der Waals surface area contributed by atoms with Crippen LogP contribution in [-0.4, -0.2) is 27.2 Å². The highest BCUT2D eigenvalue weighted by Crippen LogP contribution is 2.18. The number of aryl methyl sites for hydroxylation is 1. The largest absolute Gasteiger partial charge is 0.393 e. The lowest BCUT2D eigenvalue weighted by molar-refractivity contribution is 0.116. The van der Waals surface area contributed by atoms with Crippen molar-refractivity contribution in [2.45, 2.75) is 51.3 Å². The maximum Gasteiger partial charge on any atom is 0.125 e. The first kappa shape index (κ1) is 11.5. The van der Waals surface area contributed by atoms with Gasteiger partial charge in [-0.25, -0.2) is 9.97 Å². The van der Waals surface area contributed by atoms with Crippen LogP contribution in [0.3, 0.4) is 0 Å². The summed E-state index contributed by atoms with van der Waals surface area (Å²) in [6.07, 6.45) is 5.67. The highest BCUT2D eigenvalue weighted by atomic mass is 16.3. The number of hydrogen-bond donors (Lipinski definition) is 2. The van der Waals surface area contributed by atoms with Crippen LogP contribution in [0.25, 0.3) is 0 Å². The van der Waals surface area contributed by atoms with Crippen molar-refractivity contribution in [2.75, 3.05) is 0 Å². The molecule has 0 radical (unpaired) electrons. The van der Waals surface area contributed by atoms with Gasteiger partial charge in [-0.15, -0.1) is 0 Å². The SMILES string of the molecule is Cc1nccc(CNC2CCC(O)CC2)n1. The Balaban J connectivity index is 1.79. The van der Waals surface area contributed by atoms with Crippen LogP contribution < -0.4 is 5.32 Å². The van der Waals surface area contributed by atoms with Gasteiger partial charge in [0.25, 0.3) is 0 Å². The molecule has 1 heterocycles. The molecule has 2 rings (SSSR count). The van der Waals surface area contributed by atoms with E-state index < -0.39 is 0 Å². The van der Waals surface area contributed by atoms with Gasteiger partial charge in [0, 0.05) is 18.8 Å². The molecule has 1 aromatic heterocycles. The van der Waals surface area contributed by atoms with Gasteiger partial charge in [0.15, 0.2) is 0 Å². The van der Waals surface area contributed by atoms with Crippen molar-refractivity contribution in [3.8, 4) is 0 Å². The predicted molar refractivity (Wildman–Crippen MR) is 61.9 cm³/mol. The van der Waals surface area contributed by atoms with Crippen molar-refractivity contribution in [3.63, 3.8) is 0 Å². The number of nitrogens with one attached hydrogen (secondary N) is 1. The van der Waals surface area contributed by atoms with Crippen molar-refractivity contribution in [1.29, 1.82) is 0 Å². The molecule has 2 N–H and O–H groups in total. The average molecular weight is 221 g/mol. The smallest absolute Gasteiger partial charge is 0.125 e. The quantitative estimate of drug-likeness (QED) is 0.804. The molecule has 4 nitrogen and oxygen atoms in total. The van der Waals surface area contributed by atoms with Crippen LogP contribution in [0.4, 0.5) is 0 Å². The summed E-state index contributed by atoms with van der Waals surface area (Å²) in [5.41, 5.74) is 1.04. The van der Waals surface area contributed by atoms with Crippen LogP contribution >= 0.6 is 0 Å². The third kappa shape index (κ3) is 3.25. The summed E-state index contributed by atoms with van der Waals surface area (Å²) in [7, 11) is 0. The van der Waals surface area contributed by atoms with E-state index >= 15 is 0 Å². The summed E-state index contributed by atoms with van der Waals surface area (Å²) in [6.45, 7) is 2.70. The van der Waals surface area contributed by atoms with Gasteiger partial charge in [-0.1, -0.05) is 0 Å². The Morgan fingerprint density at radius 2 is 2.12 bits per heavy atom. The van der Waals surface area contributed by atoms with Crippen LogP contribution in [-0.2, 0) is 6.54 Å². The Morgan fingerprint density at radius 1 is 1.38 bits per heavy atom.